The van der Waals surface area contributed by atoms with Crippen molar-refractivity contribution in [3.05, 3.63) is 82.3 Å². The molecule has 1 heterocycles. The van der Waals surface area contributed by atoms with E-state index in [0.29, 0.717) is 17.9 Å². The SMILES string of the molecule is COc1ccc(S(=O)(=O)N(CC(=O)N2c3ccc(Br)cc3C[C@@H]2C)Cc2ccccc2)cc1OC. The summed E-state index contributed by atoms with van der Waals surface area (Å²) in [5, 5.41) is 0. The highest BCUT2D eigenvalue weighted by Crippen LogP contribution is 2.35. The Kier molecular flexibility index (Phi) is 7.49. The van der Waals surface area contributed by atoms with Crippen LogP contribution in [0.4, 0.5) is 5.69 Å². The monoisotopic (exact) mass is 558 g/mol. The lowest BCUT2D eigenvalue weighted by atomic mass is 10.1. The molecule has 0 unspecified atom stereocenters. The smallest absolute Gasteiger partial charge is 0.243 e. The van der Waals surface area contributed by atoms with Crippen molar-refractivity contribution in [2.24, 2.45) is 0 Å². The van der Waals surface area contributed by atoms with Crippen molar-refractivity contribution < 1.29 is 22.7 Å². The molecule has 1 aliphatic rings. The van der Waals surface area contributed by atoms with Crippen LogP contribution in [0.25, 0.3) is 0 Å². The number of sulfonamides is 1. The minimum atomic E-state index is -4.04. The zero-order chi connectivity index (χ0) is 25.2. The van der Waals surface area contributed by atoms with Gasteiger partial charge in [0.2, 0.25) is 15.9 Å². The van der Waals surface area contributed by atoms with Crippen molar-refractivity contribution in [3.8, 4) is 11.5 Å². The molecule has 0 aromatic heterocycles. The first-order valence-electron chi connectivity index (χ1n) is 11.1. The largest absolute Gasteiger partial charge is 0.493 e. The van der Waals surface area contributed by atoms with Gasteiger partial charge in [0.1, 0.15) is 0 Å². The number of fused-ring (bicyclic) bond motifs is 1. The number of nitrogens with zero attached hydrogens (tertiary/aromatic N) is 2. The van der Waals surface area contributed by atoms with Gasteiger partial charge in [-0.15, -0.1) is 0 Å². The number of halogens is 1. The van der Waals surface area contributed by atoms with Crippen LogP contribution in [-0.2, 0) is 27.8 Å². The Bertz CT molecular complexity index is 1330. The third-order valence-corrected chi connectivity index (χ3v) is 8.31. The number of hydrogen-bond acceptors (Lipinski definition) is 5. The van der Waals surface area contributed by atoms with Gasteiger partial charge in [0.05, 0.1) is 25.7 Å². The number of hydrogen-bond donors (Lipinski definition) is 0. The molecule has 3 aromatic carbocycles. The molecule has 0 radical (unpaired) electrons. The van der Waals surface area contributed by atoms with Crippen molar-refractivity contribution in [1.29, 1.82) is 0 Å². The summed E-state index contributed by atoms with van der Waals surface area (Å²) >= 11 is 3.48. The van der Waals surface area contributed by atoms with E-state index in [-0.39, 0.29) is 29.9 Å². The maximum absolute atomic E-state index is 13.8. The Hall–Kier alpha value is -2.88. The molecule has 0 bridgehead atoms. The number of methoxy groups -OCH3 is 2. The number of carbonyl (C=O) groups excluding carboxylic acids is 1. The molecule has 35 heavy (non-hydrogen) atoms. The lowest BCUT2D eigenvalue weighted by Crippen LogP contribution is -2.44. The Morgan fingerprint density at radius 1 is 1.03 bits per heavy atom. The van der Waals surface area contributed by atoms with Crippen LogP contribution in [0.3, 0.4) is 0 Å². The van der Waals surface area contributed by atoms with Crippen LogP contribution >= 0.6 is 15.9 Å². The normalized spacial score (nSPS) is 15.2. The fourth-order valence-corrected chi connectivity index (χ4v) is 6.15. The van der Waals surface area contributed by atoms with Gasteiger partial charge in [-0.05, 0) is 54.8 Å². The standard InChI is InChI=1S/C26H27BrN2O5S/c1-18-13-20-14-21(27)9-11-23(20)29(18)26(30)17-28(16-19-7-5-4-6-8-19)35(31,32)22-10-12-24(33-2)25(15-22)34-3/h4-12,14-15,18H,13,16-17H2,1-3H3/t18-/m0/s1. The zero-order valence-corrected chi connectivity index (χ0v) is 22.2. The van der Waals surface area contributed by atoms with Crippen molar-refractivity contribution in [2.45, 2.75) is 30.8 Å². The Morgan fingerprint density at radius 2 is 1.74 bits per heavy atom. The van der Waals surface area contributed by atoms with Crippen LogP contribution < -0.4 is 14.4 Å². The van der Waals surface area contributed by atoms with Crippen molar-refractivity contribution in [2.75, 3.05) is 25.7 Å². The Balaban J connectivity index is 1.69. The van der Waals surface area contributed by atoms with E-state index in [9.17, 15) is 13.2 Å². The number of benzene rings is 3. The summed E-state index contributed by atoms with van der Waals surface area (Å²) in [5.41, 5.74) is 2.65. The molecule has 0 N–H and O–H groups in total. The van der Waals surface area contributed by atoms with Gasteiger partial charge in [-0.3, -0.25) is 4.79 Å². The number of ether oxygens (including phenoxy) is 2. The minimum Gasteiger partial charge on any atom is -0.493 e. The van der Waals surface area contributed by atoms with Gasteiger partial charge >= 0.3 is 0 Å². The van der Waals surface area contributed by atoms with Gasteiger partial charge < -0.3 is 14.4 Å². The fraction of sp³-hybridized carbons (Fsp3) is 0.269. The van der Waals surface area contributed by atoms with E-state index in [1.807, 2.05) is 55.5 Å². The van der Waals surface area contributed by atoms with Gasteiger partial charge in [0, 0.05) is 28.8 Å². The van der Waals surface area contributed by atoms with Crippen LogP contribution in [0.5, 0.6) is 11.5 Å². The van der Waals surface area contributed by atoms with E-state index in [1.54, 1.807) is 11.0 Å². The molecule has 1 atom stereocenters. The average molecular weight is 559 g/mol. The van der Waals surface area contributed by atoms with E-state index in [4.69, 9.17) is 9.47 Å². The first-order chi connectivity index (χ1) is 16.7. The number of carbonyl (C=O) groups is 1. The van der Waals surface area contributed by atoms with Crippen molar-refractivity contribution in [3.63, 3.8) is 0 Å². The summed E-state index contributed by atoms with van der Waals surface area (Å²) in [5.74, 6) is 0.441. The maximum atomic E-state index is 13.8. The summed E-state index contributed by atoms with van der Waals surface area (Å²) in [7, 11) is -1.11. The highest BCUT2D eigenvalue weighted by molar-refractivity contribution is 9.10. The third-order valence-electron chi connectivity index (χ3n) is 6.03. The molecule has 4 rings (SSSR count). The molecule has 184 valence electrons. The molecule has 3 aromatic rings. The minimum absolute atomic E-state index is 0.0256. The van der Waals surface area contributed by atoms with Crippen LogP contribution in [0.1, 0.15) is 18.1 Å². The van der Waals surface area contributed by atoms with Crippen LogP contribution in [0, 0.1) is 0 Å². The molecule has 0 saturated heterocycles. The molecule has 9 heteroatoms. The molecule has 1 amide bonds. The second kappa shape index (κ2) is 10.4. The van der Waals surface area contributed by atoms with Gasteiger partial charge in [0.15, 0.2) is 11.5 Å². The van der Waals surface area contributed by atoms with E-state index < -0.39 is 10.0 Å². The second-order valence-electron chi connectivity index (χ2n) is 8.37. The summed E-state index contributed by atoms with van der Waals surface area (Å²) < 4.78 is 40.3. The van der Waals surface area contributed by atoms with Crippen LogP contribution in [-0.4, -0.2) is 45.4 Å². The van der Waals surface area contributed by atoms with E-state index in [1.165, 1.54) is 30.7 Å². The number of amides is 1. The van der Waals surface area contributed by atoms with Gasteiger partial charge in [0.25, 0.3) is 0 Å². The predicted octanol–water partition coefficient (Wildman–Crippen LogP) is 4.64. The predicted molar refractivity (Wildman–Crippen MR) is 138 cm³/mol. The number of anilines is 1. The lowest BCUT2D eigenvalue weighted by Gasteiger charge is -2.28. The summed E-state index contributed by atoms with van der Waals surface area (Å²) in [6.07, 6.45) is 0.710. The van der Waals surface area contributed by atoms with Gasteiger partial charge in [-0.2, -0.15) is 4.31 Å². The topological polar surface area (TPSA) is 76.2 Å². The fourth-order valence-electron chi connectivity index (χ4n) is 4.35. The summed E-state index contributed by atoms with van der Waals surface area (Å²) in [6.45, 7) is 1.72. The van der Waals surface area contributed by atoms with Crippen molar-refractivity contribution >= 4 is 37.5 Å². The highest BCUT2D eigenvalue weighted by Gasteiger charge is 2.35. The zero-order valence-electron chi connectivity index (χ0n) is 19.8. The molecule has 1 aliphatic heterocycles. The number of rotatable bonds is 8. The van der Waals surface area contributed by atoms with E-state index in [2.05, 4.69) is 15.9 Å². The van der Waals surface area contributed by atoms with Gasteiger partial charge in [-0.25, -0.2) is 8.42 Å². The highest BCUT2D eigenvalue weighted by atomic mass is 79.9. The van der Waals surface area contributed by atoms with Gasteiger partial charge in [-0.1, -0.05) is 46.3 Å². The molecular formula is C26H27BrN2O5S. The van der Waals surface area contributed by atoms with E-state index >= 15 is 0 Å². The molecular weight excluding hydrogens is 532 g/mol. The summed E-state index contributed by atoms with van der Waals surface area (Å²) in [4.78, 5) is 15.3. The van der Waals surface area contributed by atoms with E-state index in [0.717, 1.165) is 21.3 Å². The molecule has 0 saturated carbocycles. The molecule has 0 aliphatic carbocycles. The first kappa shape index (κ1) is 25.2. The Morgan fingerprint density at radius 3 is 2.43 bits per heavy atom. The Labute approximate surface area is 214 Å². The van der Waals surface area contributed by atoms with Crippen LogP contribution in [0.15, 0.2) is 76.1 Å². The third kappa shape index (κ3) is 5.22. The molecule has 0 spiro atoms. The molecule has 7 nitrogen and oxygen atoms in total. The summed E-state index contributed by atoms with van der Waals surface area (Å²) in [6, 6.07) is 19.4. The quantitative estimate of drug-likeness (QED) is 0.402. The lowest BCUT2D eigenvalue weighted by molar-refractivity contribution is -0.119. The van der Waals surface area contributed by atoms with Crippen molar-refractivity contribution in [1.82, 2.24) is 4.31 Å². The molecule has 0 fully saturated rings. The van der Waals surface area contributed by atoms with Crippen LogP contribution in [0.2, 0.25) is 0 Å². The second-order valence-corrected chi connectivity index (χ2v) is 11.2. The first-order valence-corrected chi connectivity index (χ1v) is 13.3. The average Bonchev–Trinajstić information content (AvgIpc) is 3.18. The maximum Gasteiger partial charge on any atom is 0.243 e.